The van der Waals surface area contributed by atoms with Gasteiger partial charge in [0.2, 0.25) is 5.91 Å². The van der Waals surface area contributed by atoms with Gasteiger partial charge in [-0.05, 0) is 48.4 Å². The van der Waals surface area contributed by atoms with E-state index in [0.717, 1.165) is 11.3 Å². The molecule has 2 saturated heterocycles. The van der Waals surface area contributed by atoms with Crippen LogP contribution in [0, 0.1) is 11.6 Å². The van der Waals surface area contributed by atoms with Crippen LogP contribution in [0.4, 0.5) is 14.5 Å². The molecule has 2 aromatic carbocycles. The number of carbonyl (C=O) groups excluding carboxylic acids is 2. The van der Waals surface area contributed by atoms with E-state index in [1.165, 1.54) is 24.3 Å². The largest absolute Gasteiger partial charge is 0.368 e. The third kappa shape index (κ3) is 4.61. The molecule has 2 fully saturated rings. The van der Waals surface area contributed by atoms with E-state index < -0.39 is 0 Å². The average molecular weight is 468 g/mol. The lowest BCUT2D eigenvalue weighted by Crippen LogP contribution is -2.50. The Morgan fingerprint density at radius 1 is 0.912 bits per heavy atom. The first-order chi connectivity index (χ1) is 16.5. The number of hydrogen-bond donors (Lipinski definition) is 1. The van der Waals surface area contributed by atoms with Gasteiger partial charge in [-0.1, -0.05) is 12.1 Å². The summed E-state index contributed by atoms with van der Waals surface area (Å²) in [5.74, 6) is -0.575. The van der Waals surface area contributed by atoms with Crippen molar-refractivity contribution in [1.82, 2.24) is 20.2 Å². The number of nitrogens with one attached hydrogen (secondary N) is 1. The van der Waals surface area contributed by atoms with Gasteiger partial charge < -0.3 is 19.7 Å². The highest BCUT2D eigenvalue weighted by Crippen LogP contribution is 2.31. The zero-order valence-corrected chi connectivity index (χ0v) is 18.7. The Kier molecular flexibility index (Phi) is 6.19. The molecule has 34 heavy (non-hydrogen) atoms. The van der Waals surface area contributed by atoms with Gasteiger partial charge in [0, 0.05) is 57.2 Å². The number of nitrogens with zero attached hydrogens (tertiary/aromatic N) is 4. The number of rotatable bonds is 5. The lowest BCUT2D eigenvalue weighted by molar-refractivity contribution is -0.136. The summed E-state index contributed by atoms with van der Waals surface area (Å²) in [6, 6.07) is 12.3. The maximum atomic E-state index is 13.2. The first-order valence-corrected chi connectivity index (χ1v) is 11.5. The lowest BCUT2D eigenvalue weighted by atomic mass is 10.0. The van der Waals surface area contributed by atoms with Gasteiger partial charge in [0.1, 0.15) is 17.7 Å². The molecule has 3 heterocycles. The van der Waals surface area contributed by atoms with E-state index in [1.807, 2.05) is 11.1 Å². The van der Waals surface area contributed by atoms with Crippen molar-refractivity contribution in [1.29, 1.82) is 0 Å². The second-order valence-electron chi connectivity index (χ2n) is 8.82. The molecule has 1 N–H and O–H groups in total. The van der Waals surface area contributed by atoms with E-state index in [-0.39, 0.29) is 42.0 Å². The van der Waals surface area contributed by atoms with E-state index in [0.29, 0.717) is 39.1 Å². The molecule has 2 aromatic rings. The zero-order valence-electron chi connectivity index (χ0n) is 18.7. The number of hydrogen-bond acceptors (Lipinski definition) is 5. The highest BCUT2D eigenvalue weighted by atomic mass is 19.1. The standard InChI is InChI=1S/C25H27F2N5O2/c26-19-3-1-18(2-4-19)22-17-23-25(34)31(15-16-32(23)28-22)10-9-24(33)30-13-11-29(12-14-30)21-7-5-20(27)6-8-21/h1-8,15-16,22-23,28H,9-14,17H2. The molecule has 3 aliphatic heterocycles. The van der Waals surface area contributed by atoms with Crippen molar-refractivity contribution < 1.29 is 18.4 Å². The molecular formula is C25H27F2N5O2. The van der Waals surface area contributed by atoms with Gasteiger partial charge in [0.15, 0.2) is 0 Å². The summed E-state index contributed by atoms with van der Waals surface area (Å²) >= 11 is 0. The summed E-state index contributed by atoms with van der Waals surface area (Å²) < 4.78 is 26.4. The molecule has 9 heteroatoms. The van der Waals surface area contributed by atoms with Crippen LogP contribution in [0.5, 0.6) is 0 Å². The van der Waals surface area contributed by atoms with E-state index in [2.05, 4.69) is 10.3 Å². The topological polar surface area (TPSA) is 59.1 Å². The highest BCUT2D eigenvalue weighted by molar-refractivity contribution is 5.85. The van der Waals surface area contributed by atoms with Crippen LogP contribution < -0.4 is 10.3 Å². The lowest BCUT2D eigenvalue weighted by Gasteiger charge is -2.37. The van der Waals surface area contributed by atoms with Crippen LogP contribution in [0.2, 0.25) is 0 Å². The zero-order chi connectivity index (χ0) is 23.7. The number of halogens is 2. The van der Waals surface area contributed by atoms with E-state index >= 15 is 0 Å². The maximum absolute atomic E-state index is 13.2. The molecule has 2 unspecified atom stereocenters. The van der Waals surface area contributed by atoms with Crippen LogP contribution in [0.15, 0.2) is 60.9 Å². The molecule has 178 valence electrons. The van der Waals surface area contributed by atoms with Gasteiger partial charge in [0.25, 0.3) is 5.91 Å². The second kappa shape index (κ2) is 9.42. The molecule has 0 aromatic heterocycles. The van der Waals surface area contributed by atoms with Gasteiger partial charge in [-0.25, -0.2) is 14.2 Å². The van der Waals surface area contributed by atoms with Crippen LogP contribution in [0.3, 0.4) is 0 Å². The van der Waals surface area contributed by atoms with Crippen LogP contribution in [-0.4, -0.2) is 65.4 Å². The fourth-order valence-electron chi connectivity index (χ4n) is 4.77. The number of anilines is 1. The number of piperazine rings is 1. The van der Waals surface area contributed by atoms with Gasteiger partial charge in [-0.3, -0.25) is 9.59 Å². The summed E-state index contributed by atoms with van der Waals surface area (Å²) in [5.41, 5.74) is 5.17. The first-order valence-electron chi connectivity index (χ1n) is 11.5. The number of hydrazine groups is 1. The molecule has 0 aliphatic carbocycles. The predicted octanol–water partition coefficient (Wildman–Crippen LogP) is 2.64. The van der Waals surface area contributed by atoms with Gasteiger partial charge in [0.05, 0.1) is 6.04 Å². The third-order valence-corrected chi connectivity index (χ3v) is 6.74. The van der Waals surface area contributed by atoms with Crippen molar-refractivity contribution in [3.8, 4) is 0 Å². The summed E-state index contributed by atoms with van der Waals surface area (Å²) in [6.07, 6.45) is 4.36. The molecule has 0 spiro atoms. The van der Waals surface area contributed by atoms with E-state index in [4.69, 9.17) is 0 Å². The summed E-state index contributed by atoms with van der Waals surface area (Å²) in [4.78, 5) is 31.4. The van der Waals surface area contributed by atoms with Crippen LogP contribution in [0.1, 0.15) is 24.4 Å². The Bertz CT molecular complexity index is 1070. The Hall–Kier alpha value is -3.46. The Morgan fingerprint density at radius 3 is 2.24 bits per heavy atom. The number of amides is 2. The predicted molar refractivity (Wildman–Crippen MR) is 123 cm³/mol. The summed E-state index contributed by atoms with van der Waals surface area (Å²) in [7, 11) is 0. The number of fused-ring (bicyclic) bond motifs is 1. The van der Waals surface area contributed by atoms with Crippen molar-refractivity contribution >= 4 is 17.5 Å². The first kappa shape index (κ1) is 22.3. The van der Waals surface area contributed by atoms with Crippen molar-refractivity contribution in [3.63, 3.8) is 0 Å². The molecule has 0 saturated carbocycles. The van der Waals surface area contributed by atoms with Crippen molar-refractivity contribution in [2.75, 3.05) is 37.6 Å². The molecular weight excluding hydrogens is 440 g/mol. The van der Waals surface area contributed by atoms with Crippen LogP contribution in [-0.2, 0) is 9.59 Å². The Labute approximate surface area is 197 Å². The smallest absolute Gasteiger partial charge is 0.250 e. The normalized spacial score (nSPS) is 22.4. The monoisotopic (exact) mass is 467 g/mol. The number of benzene rings is 2. The average Bonchev–Trinajstić information content (AvgIpc) is 3.30. The summed E-state index contributed by atoms with van der Waals surface area (Å²) in [6.45, 7) is 2.90. The molecule has 0 bridgehead atoms. The van der Waals surface area contributed by atoms with Gasteiger partial charge in [-0.2, -0.15) is 0 Å². The SMILES string of the molecule is O=C1C2CC(c3ccc(F)cc3)NN2C=CN1CCC(=O)N1CCN(c2ccc(F)cc2)CC1. The minimum absolute atomic E-state index is 0.0242. The Morgan fingerprint density at radius 2 is 1.56 bits per heavy atom. The van der Waals surface area contributed by atoms with Crippen molar-refractivity contribution in [2.24, 2.45) is 0 Å². The van der Waals surface area contributed by atoms with Crippen LogP contribution >= 0.6 is 0 Å². The van der Waals surface area contributed by atoms with Gasteiger partial charge >= 0.3 is 0 Å². The van der Waals surface area contributed by atoms with Crippen molar-refractivity contribution in [2.45, 2.75) is 24.9 Å². The molecule has 7 nitrogen and oxygen atoms in total. The minimum atomic E-state index is -0.352. The Balaban J connectivity index is 1.11. The maximum Gasteiger partial charge on any atom is 0.250 e. The molecule has 5 rings (SSSR count). The molecule has 2 amide bonds. The third-order valence-electron chi connectivity index (χ3n) is 6.74. The quantitative estimate of drug-likeness (QED) is 0.733. The molecule has 2 atom stereocenters. The van der Waals surface area contributed by atoms with Crippen LogP contribution in [0.25, 0.3) is 0 Å². The fraction of sp³-hybridized carbons (Fsp3) is 0.360. The van der Waals surface area contributed by atoms with Crippen molar-refractivity contribution in [3.05, 3.63) is 78.1 Å². The molecule has 3 aliphatic rings. The highest BCUT2D eigenvalue weighted by Gasteiger charge is 2.40. The molecule has 0 radical (unpaired) electrons. The summed E-state index contributed by atoms with van der Waals surface area (Å²) in [5, 5.41) is 1.79. The number of carbonyl (C=O) groups is 2. The minimum Gasteiger partial charge on any atom is -0.368 e. The van der Waals surface area contributed by atoms with Gasteiger partial charge in [-0.15, -0.1) is 0 Å². The van der Waals surface area contributed by atoms with E-state index in [9.17, 15) is 18.4 Å². The second-order valence-corrected chi connectivity index (χ2v) is 8.82. The van der Waals surface area contributed by atoms with E-state index in [1.54, 1.807) is 40.4 Å². The fourth-order valence-corrected chi connectivity index (χ4v) is 4.77.